The first-order valence-electron chi connectivity index (χ1n) is 5.37. The van der Waals surface area contributed by atoms with Crippen molar-refractivity contribution in [2.24, 2.45) is 0 Å². The lowest BCUT2D eigenvalue weighted by molar-refractivity contribution is 0.536. The summed E-state index contributed by atoms with van der Waals surface area (Å²) in [6, 6.07) is 0.689. The summed E-state index contributed by atoms with van der Waals surface area (Å²) in [4.78, 5) is 7.13. The Labute approximate surface area is 84.5 Å². The van der Waals surface area contributed by atoms with Crippen LogP contribution in [0.15, 0.2) is 12.5 Å². The van der Waals surface area contributed by atoms with Crippen molar-refractivity contribution in [1.82, 2.24) is 20.6 Å². The molecule has 1 aromatic heterocycles. The van der Waals surface area contributed by atoms with Gasteiger partial charge in [-0.3, -0.25) is 0 Å². The molecule has 1 fully saturated rings. The lowest BCUT2D eigenvalue weighted by Crippen LogP contribution is -2.34. The minimum Gasteiger partial charge on any atom is -0.351 e. The molecule has 0 radical (unpaired) electrons. The van der Waals surface area contributed by atoms with E-state index in [1.165, 1.54) is 19.4 Å². The number of nitrogens with zero attached hydrogens (tertiary/aromatic N) is 1. The number of aromatic amines is 1. The minimum absolute atomic E-state index is 0.689. The molecule has 1 aliphatic heterocycles. The van der Waals surface area contributed by atoms with Crippen molar-refractivity contribution in [2.45, 2.75) is 25.3 Å². The molecule has 2 rings (SSSR count). The molecule has 0 aromatic carbocycles. The average molecular weight is 194 g/mol. The van der Waals surface area contributed by atoms with Crippen molar-refractivity contribution in [3.05, 3.63) is 18.2 Å². The van der Waals surface area contributed by atoms with Gasteiger partial charge in [0.1, 0.15) is 0 Å². The number of hydrogen-bond donors (Lipinski definition) is 3. The van der Waals surface area contributed by atoms with Crippen LogP contribution < -0.4 is 10.6 Å². The van der Waals surface area contributed by atoms with Crippen molar-refractivity contribution < 1.29 is 0 Å². The van der Waals surface area contributed by atoms with Crippen LogP contribution in [0, 0.1) is 0 Å². The number of hydrogen-bond acceptors (Lipinski definition) is 3. The van der Waals surface area contributed by atoms with Gasteiger partial charge in [-0.1, -0.05) is 0 Å². The third-order valence-corrected chi connectivity index (χ3v) is 2.67. The highest BCUT2D eigenvalue weighted by molar-refractivity contribution is 4.94. The second-order valence-electron chi connectivity index (χ2n) is 3.81. The van der Waals surface area contributed by atoms with Gasteiger partial charge in [-0.15, -0.1) is 0 Å². The van der Waals surface area contributed by atoms with Crippen LogP contribution in [0.1, 0.15) is 18.5 Å². The van der Waals surface area contributed by atoms with E-state index in [4.69, 9.17) is 0 Å². The van der Waals surface area contributed by atoms with Crippen molar-refractivity contribution in [1.29, 1.82) is 0 Å². The van der Waals surface area contributed by atoms with Crippen LogP contribution in [-0.4, -0.2) is 35.6 Å². The van der Waals surface area contributed by atoms with E-state index in [-0.39, 0.29) is 0 Å². The van der Waals surface area contributed by atoms with Crippen LogP contribution in [0.5, 0.6) is 0 Å². The van der Waals surface area contributed by atoms with E-state index in [0.29, 0.717) is 6.04 Å². The first kappa shape index (κ1) is 9.68. The molecule has 0 saturated carbocycles. The fourth-order valence-electron chi connectivity index (χ4n) is 1.85. The van der Waals surface area contributed by atoms with Crippen molar-refractivity contribution in [3.63, 3.8) is 0 Å². The molecule has 1 aromatic rings. The van der Waals surface area contributed by atoms with Crippen LogP contribution in [-0.2, 0) is 6.42 Å². The van der Waals surface area contributed by atoms with Crippen LogP contribution in [0.4, 0.5) is 0 Å². The van der Waals surface area contributed by atoms with Crippen molar-refractivity contribution >= 4 is 0 Å². The van der Waals surface area contributed by atoms with Gasteiger partial charge < -0.3 is 15.6 Å². The summed E-state index contributed by atoms with van der Waals surface area (Å²) in [6.07, 6.45) is 7.33. The van der Waals surface area contributed by atoms with Gasteiger partial charge in [-0.25, -0.2) is 4.98 Å². The Hall–Kier alpha value is -0.870. The second-order valence-corrected chi connectivity index (χ2v) is 3.81. The van der Waals surface area contributed by atoms with Crippen LogP contribution in [0.25, 0.3) is 0 Å². The minimum atomic E-state index is 0.689. The lowest BCUT2D eigenvalue weighted by atomic mass is 10.2. The molecule has 0 aliphatic carbocycles. The Morgan fingerprint density at radius 2 is 2.57 bits per heavy atom. The molecule has 1 unspecified atom stereocenters. The van der Waals surface area contributed by atoms with Crippen molar-refractivity contribution in [2.75, 3.05) is 19.6 Å². The largest absolute Gasteiger partial charge is 0.351 e. The highest BCUT2D eigenvalue weighted by Crippen LogP contribution is 2.02. The summed E-state index contributed by atoms with van der Waals surface area (Å²) in [7, 11) is 0. The number of H-pyrrole nitrogens is 1. The molecular weight excluding hydrogens is 176 g/mol. The first-order valence-corrected chi connectivity index (χ1v) is 5.37. The van der Waals surface area contributed by atoms with E-state index in [2.05, 4.69) is 20.6 Å². The van der Waals surface area contributed by atoms with Gasteiger partial charge in [-0.2, -0.15) is 0 Å². The van der Waals surface area contributed by atoms with Crippen molar-refractivity contribution in [3.8, 4) is 0 Å². The Morgan fingerprint density at radius 3 is 3.29 bits per heavy atom. The molecule has 2 heterocycles. The smallest absolute Gasteiger partial charge is 0.0923 e. The molecule has 1 atom stereocenters. The fourth-order valence-corrected chi connectivity index (χ4v) is 1.85. The predicted octanol–water partition coefficient (Wildman–Crippen LogP) is 0.294. The van der Waals surface area contributed by atoms with Crippen LogP contribution in [0.3, 0.4) is 0 Å². The lowest BCUT2D eigenvalue weighted by Gasteiger charge is -2.10. The molecule has 0 spiro atoms. The summed E-state index contributed by atoms with van der Waals surface area (Å²) in [5, 5.41) is 6.92. The Kier molecular flexibility index (Phi) is 3.54. The molecule has 0 amide bonds. The second kappa shape index (κ2) is 5.12. The number of imidazole rings is 1. The number of aromatic nitrogens is 2. The Morgan fingerprint density at radius 1 is 1.57 bits per heavy atom. The maximum atomic E-state index is 4.17. The van der Waals surface area contributed by atoms with E-state index in [9.17, 15) is 0 Å². The van der Waals surface area contributed by atoms with Gasteiger partial charge in [0.2, 0.25) is 0 Å². The summed E-state index contributed by atoms with van der Waals surface area (Å²) in [5.41, 5.74) is 1.14. The zero-order chi connectivity index (χ0) is 9.64. The third-order valence-electron chi connectivity index (χ3n) is 2.67. The standard InChI is InChI=1S/C10H18N4/c1-2-9(13-4-1)6-11-5-3-10-7-12-8-14-10/h7-9,11,13H,1-6H2,(H,12,14). The molecule has 0 bridgehead atoms. The quantitative estimate of drug-likeness (QED) is 0.591. The highest BCUT2D eigenvalue weighted by Gasteiger charge is 2.12. The monoisotopic (exact) mass is 194 g/mol. The van der Waals surface area contributed by atoms with E-state index in [0.717, 1.165) is 25.2 Å². The van der Waals surface area contributed by atoms with Gasteiger partial charge >= 0.3 is 0 Å². The molecule has 78 valence electrons. The topological polar surface area (TPSA) is 52.7 Å². The predicted molar refractivity (Wildman–Crippen MR) is 56.2 cm³/mol. The molecule has 4 heteroatoms. The average Bonchev–Trinajstić information content (AvgIpc) is 2.86. The first-order chi connectivity index (χ1) is 6.95. The normalized spacial score (nSPS) is 21.6. The molecule has 14 heavy (non-hydrogen) atoms. The zero-order valence-electron chi connectivity index (χ0n) is 8.42. The van der Waals surface area contributed by atoms with E-state index >= 15 is 0 Å². The Bertz CT molecular complexity index is 239. The molecule has 4 nitrogen and oxygen atoms in total. The summed E-state index contributed by atoms with van der Waals surface area (Å²) < 4.78 is 0. The maximum absolute atomic E-state index is 4.17. The van der Waals surface area contributed by atoms with E-state index in [1.54, 1.807) is 6.33 Å². The van der Waals surface area contributed by atoms with Gasteiger partial charge in [0.25, 0.3) is 0 Å². The van der Waals surface area contributed by atoms with Gasteiger partial charge in [0, 0.05) is 31.7 Å². The SMILES string of the molecule is c1nc(CCNCC2CCCN2)c[nH]1. The summed E-state index contributed by atoms with van der Waals surface area (Å²) in [6.45, 7) is 3.29. The molecule has 1 saturated heterocycles. The maximum Gasteiger partial charge on any atom is 0.0923 e. The molecular formula is C10H18N4. The highest BCUT2D eigenvalue weighted by atomic mass is 15.0. The molecule has 1 aliphatic rings. The number of nitrogens with one attached hydrogen (secondary N) is 3. The fraction of sp³-hybridized carbons (Fsp3) is 0.700. The summed E-state index contributed by atoms with van der Waals surface area (Å²) >= 11 is 0. The van der Waals surface area contributed by atoms with Crippen LogP contribution in [0.2, 0.25) is 0 Å². The Balaban J connectivity index is 1.55. The van der Waals surface area contributed by atoms with Crippen LogP contribution >= 0.6 is 0 Å². The zero-order valence-corrected chi connectivity index (χ0v) is 8.42. The third kappa shape index (κ3) is 2.82. The van der Waals surface area contributed by atoms with Gasteiger partial charge in [0.15, 0.2) is 0 Å². The summed E-state index contributed by atoms with van der Waals surface area (Å²) in [5.74, 6) is 0. The van der Waals surface area contributed by atoms with Gasteiger partial charge in [0.05, 0.1) is 12.0 Å². The number of rotatable bonds is 5. The molecule has 3 N–H and O–H groups in total. The van der Waals surface area contributed by atoms with Gasteiger partial charge in [-0.05, 0) is 19.4 Å². The van der Waals surface area contributed by atoms with E-state index in [1.807, 2.05) is 6.20 Å². The van der Waals surface area contributed by atoms with E-state index < -0.39 is 0 Å².